The second kappa shape index (κ2) is 5.29. The fourth-order valence-electron chi connectivity index (χ4n) is 2.34. The van der Waals surface area contributed by atoms with Crippen LogP contribution in [-0.4, -0.2) is 22.8 Å². The summed E-state index contributed by atoms with van der Waals surface area (Å²) in [5, 5.41) is 0.646. The van der Waals surface area contributed by atoms with Gasteiger partial charge in [-0.1, -0.05) is 25.7 Å². The highest BCUT2D eigenvalue weighted by Crippen LogP contribution is 2.25. The molecule has 5 nitrogen and oxygen atoms in total. The van der Waals surface area contributed by atoms with Crippen LogP contribution in [-0.2, 0) is 19.2 Å². The van der Waals surface area contributed by atoms with Crippen molar-refractivity contribution in [2.75, 3.05) is 0 Å². The first kappa shape index (κ1) is 12.1. The quantitative estimate of drug-likeness (QED) is 0.542. The highest BCUT2D eigenvalue weighted by molar-refractivity contribution is 6.01. The third-order valence-electron chi connectivity index (χ3n) is 3.38. The van der Waals surface area contributed by atoms with Crippen LogP contribution < -0.4 is 0 Å². The van der Waals surface area contributed by atoms with E-state index in [0.717, 1.165) is 38.5 Å². The van der Waals surface area contributed by atoms with Gasteiger partial charge in [-0.05, 0) is 12.8 Å². The van der Waals surface area contributed by atoms with Crippen LogP contribution in [0.5, 0.6) is 0 Å². The van der Waals surface area contributed by atoms with Crippen LogP contribution >= 0.6 is 0 Å². The van der Waals surface area contributed by atoms with Crippen molar-refractivity contribution in [1.29, 1.82) is 0 Å². The molecule has 0 atom stereocenters. The average Bonchev–Trinajstić information content (AvgIpc) is 2.59. The molecule has 0 bridgehead atoms. The van der Waals surface area contributed by atoms with Crippen LogP contribution in [0.2, 0.25) is 0 Å². The van der Waals surface area contributed by atoms with Gasteiger partial charge in [-0.3, -0.25) is 9.59 Å². The van der Waals surface area contributed by atoms with Crippen LogP contribution in [0, 0.1) is 5.92 Å². The highest BCUT2D eigenvalue weighted by atomic mass is 16.7. The van der Waals surface area contributed by atoms with Gasteiger partial charge < -0.3 is 4.84 Å². The number of hydrogen-bond donors (Lipinski definition) is 0. The Kier molecular flexibility index (Phi) is 3.76. The summed E-state index contributed by atoms with van der Waals surface area (Å²) in [7, 11) is 0. The first-order valence-corrected chi connectivity index (χ1v) is 6.26. The maximum Gasteiger partial charge on any atom is 0.336 e. The Hall–Kier alpha value is -1.39. The van der Waals surface area contributed by atoms with Crippen molar-refractivity contribution >= 4 is 17.8 Å². The van der Waals surface area contributed by atoms with Crippen molar-refractivity contribution in [3.05, 3.63) is 0 Å². The lowest BCUT2D eigenvalue weighted by atomic mass is 10.0. The summed E-state index contributed by atoms with van der Waals surface area (Å²) in [6.45, 7) is 0. The van der Waals surface area contributed by atoms with Gasteiger partial charge in [0.25, 0.3) is 11.8 Å². The van der Waals surface area contributed by atoms with E-state index in [1.807, 2.05) is 0 Å². The summed E-state index contributed by atoms with van der Waals surface area (Å²) < 4.78 is 0. The molecule has 2 rings (SSSR count). The second-order valence-corrected chi connectivity index (χ2v) is 4.68. The second-order valence-electron chi connectivity index (χ2n) is 4.68. The molecule has 94 valence electrons. The molecule has 1 saturated heterocycles. The van der Waals surface area contributed by atoms with Crippen molar-refractivity contribution in [1.82, 2.24) is 5.06 Å². The van der Waals surface area contributed by atoms with Gasteiger partial charge >= 0.3 is 5.97 Å². The summed E-state index contributed by atoms with van der Waals surface area (Å²) in [6, 6.07) is 0. The van der Waals surface area contributed by atoms with E-state index in [1.54, 1.807) is 0 Å². The molecule has 1 aliphatic heterocycles. The molecule has 17 heavy (non-hydrogen) atoms. The Bertz CT molecular complexity index is 315. The molecule has 5 heteroatoms. The Labute approximate surface area is 100 Å². The van der Waals surface area contributed by atoms with Crippen LogP contribution in [0.25, 0.3) is 0 Å². The largest absolute Gasteiger partial charge is 0.336 e. The topological polar surface area (TPSA) is 63.7 Å². The first-order valence-electron chi connectivity index (χ1n) is 6.26. The van der Waals surface area contributed by atoms with E-state index in [4.69, 9.17) is 4.84 Å². The van der Waals surface area contributed by atoms with E-state index >= 15 is 0 Å². The Morgan fingerprint density at radius 1 is 1.00 bits per heavy atom. The number of rotatable bonds is 2. The minimum absolute atomic E-state index is 0.150. The maximum atomic E-state index is 11.8. The summed E-state index contributed by atoms with van der Waals surface area (Å²) in [5.41, 5.74) is 0. The maximum absolute atomic E-state index is 11.8. The molecule has 0 N–H and O–H groups in total. The molecule has 0 spiro atoms. The predicted molar refractivity (Wildman–Crippen MR) is 58.4 cm³/mol. The summed E-state index contributed by atoms with van der Waals surface area (Å²) in [5.74, 6) is -1.39. The number of amides is 2. The molecule has 0 radical (unpaired) electrons. The fourth-order valence-corrected chi connectivity index (χ4v) is 2.34. The van der Waals surface area contributed by atoms with Gasteiger partial charge in [0.05, 0.1) is 5.92 Å². The molecule has 1 saturated carbocycles. The number of hydrogen-bond acceptors (Lipinski definition) is 4. The van der Waals surface area contributed by atoms with Crippen molar-refractivity contribution in [3.8, 4) is 0 Å². The van der Waals surface area contributed by atoms with Gasteiger partial charge in [0.1, 0.15) is 0 Å². The van der Waals surface area contributed by atoms with E-state index < -0.39 is 17.8 Å². The smallest absolute Gasteiger partial charge is 0.330 e. The molecular weight excluding hydrogens is 222 g/mol. The van der Waals surface area contributed by atoms with E-state index in [1.165, 1.54) is 0 Å². The molecule has 0 aromatic carbocycles. The standard InChI is InChI=1S/C12H17NO4/c14-10-7-8-11(15)13(10)17-12(16)9-5-3-1-2-4-6-9/h9H,1-8H2. The first-order chi connectivity index (χ1) is 8.18. The summed E-state index contributed by atoms with van der Waals surface area (Å²) >= 11 is 0. The van der Waals surface area contributed by atoms with E-state index in [2.05, 4.69) is 0 Å². The summed E-state index contributed by atoms with van der Waals surface area (Å²) in [6.07, 6.45) is 6.22. The number of carbonyl (C=O) groups is 3. The zero-order valence-corrected chi connectivity index (χ0v) is 9.81. The lowest BCUT2D eigenvalue weighted by molar-refractivity contribution is -0.200. The van der Waals surface area contributed by atoms with E-state index in [-0.39, 0.29) is 18.8 Å². The molecule has 0 aromatic rings. The van der Waals surface area contributed by atoms with Crippen molar-refractivity contribution in [3.63, 3.8) is 0 Å². The predicted octanol–water partition coefficient (Wildman–Crippen LogP) is 1.56. The van der Waals surface area contributed by atoms with Crippen molar-refractivity contribution < 1.29 is 19.2 Å². The Morgan fingerprint density at radius 3 is 2.06 bits per heavy atom. The molecular formula is C12H17NO4. The normalized spacial score (nSPS) is 22.7. The molecule has 2 aliphatic rings. The van der Waals surface area contributed by atoms with Crippen LogP contribution in [0.4, 0.5) is 0 Å². The number of hydroxylamine groups is 2. The third kappa shape index (κ3) is 2.84. The zero-order valence-electron chi connectivity index (χ0n) is 9.81. The Balaban J connectivity index is 1.91. The highest BCUT2D eigenvalue weighted by Gasteiger charge is 2.34. The number of carbonyl (C=O) groups excluding carboxylic acids is 3. The SMILES string of the molecule is O=C(ON1C(=O)CCC1=O)C1CCCCCC1. The third-order valence-corrected chi connectivity index (χ3v) is 3.38. The lowest BCUT2D eigenvalue weighted by Crippen LogP contribution is -2.34. The lowest BCUT2D eigenvalue weighted by Gasteiger charge is -2.17. The van der Waals surface area contributed by atoms with E-state index in [0.29, 0.717) is 5.06 Å². The summed E-state index contributed by atoms with van der Waals surface area (Å²) in [4.78, 5) is 39.4. The van der Waals surface area contributed by atoms with Crippen LogP contribution in [0.3, 0.4) is 0 Å². The van der Waals surface area contributed by atoms with Gasteiger partial charge in [-0.15, -0.1) is 5.06 Å². The van der Waals surface area contributed by atoms with Crippen molar-refractivity contribution in [2.24, 2.45) is 5.92 Å². The molecule has 1 aliphatic carbocycles. The van der Waals surface area contributed by atoms with Crippen molar-refractivity contribution in [2.45, 2.75) is 51.4 Å². The monoisotopic (exact) mass is 239 g/mol. The van der Waals surface area contributed by atoms with Gasteiger partial charge in [-0.25, -0.2) is 4.79 Å². The minimum atomic E-state index is -0.421. The zero-order chi connectivity index (χ0) is 12.3. The molecule has 2 amide bonds. The minimum Gasteiger partial charge on any atom is -0.330 e. The van der Waals surface area contributed by atoms with Crippen LogP contribution in [0.1, 0.15) is 51.4 Å². The molecule has 1 heterocycles. The van der Waals surface area contributed by atoms with E-state index in [9.17, 15) is 14.4 Å². The van der Waals surface area contributed by atoms with Gasteiger partial charge in [-0.2, -0.15) is 0 Å². The molecule has 2 fully saturated rings. The van der Waals surface area contributed by atoms with Gasteiger partial charge in [0.15, 0.2) is 0 Å². The number of nitrogens with zero attached hydrogens (tertiary/aromatic N) is 1. The number of imide groups is 1. The van der Waals surface area contributed by atoms with Gasteiger partial charge in [0.2, 0.25) is 0 Å². The van der Waals surface area contributed by atoms with Crippen LogP contribution in [0.15, 0.2) is 0 Å². The average molecular weight is 239 g/mol. The van der Waals surface area contributed by atoms with Gasteiger partial charge in [0, 0.05) is 12.8 Å². The molecule has 0 aromatic heterocycles. The molecule has 0 unspecified atom stereocenters. The fraction of sp³-hybridized carbons (Fsp3) is 0.750. The Morgan fingerprint density at radius 2 is 1.53 bits per heavy atom.